The quantitative estimate of drug-likeness (QED) is 0.864. The lowest BCUT2D eigenvalue weighted by Gasteiger charge is -2.04. The summed E-state index contributed by atoms with van der Waals surface area (Å²) in [5, 5.41) is 7.42. The topological polar surface area (TPSA) is 65.0 Å². The highest BCUT2D eigenvalue weighted by Gasteiger charge is 2.32. The molecular weight excluding hydrogens is 212 g/mol. The molecule has 0 heterocycles. The summed E-state index contributed by atoms with van der Waals surface area (Å²) < 4.78 is 15.5. The minimum absolute atomic E-state index is 0.701. The Morgan fingerprint density at radius 3 is 1.56 bits per heavy atom. The molecule has 2 aliphatic carbocycles. The predicted octanol–water partition coefficient (Wildman–Crippen LogP) is 1.78. The number of benzene rings is 1. The molecule has 0 amide bonds. The van der Waals surface area contributed by atoms with Gasteiger partial charge in [-0.1, -0.05) is 0 Å². The fourth-order valence-corrected chi connectivity index (χ4v) is 1.42. The number of hydrogen-bond acceptors (Lipinski definition) is 4. The Balaban J connectivity index is 0.000000280. The molecule has 0 saturated carbocycles. The summed E-state index contributed by atoms with van der Waals surface area (Å²) in [6, 6.07) is 2.01. The van der Waals surface area contributed by atoms with E-state index in [1.54, 1.807) is 21.3 Å². The van der Waals surface area contributed by atoms with E-state index >= 15 is 0 Å². The molecule has 0 saturated heterocycles. The van der Waals surface area contributed by atoms with Crippen LogP contribution in [0.1, 0.15) is 6.92 Å². The number of hydrogen-bond donors (Lipinski definition) is 1. The number of carboxylic acid groups (broad SMARTS) is 1. The van der Waals surface area contributed by atoms with Gasteiger partial charge in [0.1, 0.15) is 0 Å². The Morgan fingerprint density at radius 1 is 1.00 bits per heavy atom. The second-order valence-electron chi connectivity index (χ2n) is 3.09. The van der Waals surface area contributed by atoms with Crippen LogP contribution in [0, 0.1) is 0 Å². The molecule has 0 aromatic heterocycles. The monoisotopic (exact) mass is 226 g/mol. The van der Waals surface area contributed by atoms with Crippen LogP contribution in [-0.2, 0) is 4.79 Å². The molecule has 0 fully saturated rings. The zero-order chi connectivity index (χ0) is 12.3. The first-order valence-electron chi connectivity index (χ1n) is 4.59. The van der Waals surface area contributed by atoms with E-state index in [-0.39, 0.29) is 0 Å². The van der Waals surface area contributed by atoms with Gasteiger partial charge < -0.3 is 19.3 Å². The van der Waals surface area contributed by atoms with E-state index in [0.29, 0.717) is 5.75 Å². The van der Waals surface area contributed by atoms with Gasteiger partial charge >= 0.3 is 0 Å². The van der Waals surface area contributed by atoms with Gasteiger partial charge in [0.15, 0.2) is 11.5 Å². The number of rotatable bonds is 3. The molecular formula is C11H14O5. The standard InChI is InChI=1S/C9H10O3.C2H4O2/c1-10-7-5-4-6(5)8(11-2)9(7)12-3;1-2(3)4/h4H,1-3H3;1H3,(H,3,4). The van der Waals surface area contributed by atoms with Crippen LogP contribution in [0.25, 0.3) is 11.1 Å². The van der Waals surface area contributed by atoms with Crippen molar-refractivity contribution in [3.05, 3.63) is 6.07 Å². The Labute approximate surface area is 93.6 Å². The molecule has 88 valence electrons. The zero-order valence-corrected chi connectivity index (χ0v) is 9.66. The van der Waals surface area contributed by atoms with Crippen molar-refractivity contribution in [2.24, 2.45) is 0 Å². The first-order valence-corrected chi connectivity index (χ1v) is 4.59. The highest BCUT2D eigenvalue weighted by molar-refractivity contribution is 5.98. The van der Waals surface area contributed by atoms with Crippen LogP contribution in [0.4, 0.5) is 0 Å². The van der Waals surface area contributed by atoms with Crippen molar-refractivity contribution in [1.82, 2.24) is 0 Å². The summed E-state index contributed by atoms with van der Waals surface area (Å²) in [6.07, 6.45) is 0. The molecule has 16 heavy (non-hydrogen) atoms. The van der Waals surface area contributed by atoms with Crippen LogP contribution in [0.15, 0.2) is 6.07 Å². The van der Waals surface area contributed by atoms with Gasteiger partial charge in [-0.3, -0.25) is 4.79 Å². The van der Waals surface area contributed by atoms with E-state index in [2.05, 4.69) is 0 Å². The molecule has 5 nitrogen and oxygen atoms in total. The minimum Gasteiger partial charge on any atom is -0.492 e. The maximum Gasteiger partial charge on any atom is 0.300 e. The lowest BCUT2D eigenvalue weighted by molar-refractivity contribution is -0.134. The van der Waals surface area contributed by atoms with Gasteiger partial charge in [-0.05, 0) is 6.07 Å². The highest BCUT2D eigenvalue weighted by atomic mass is 16.5. The van der Waals surface area contributed by atoms with Crippen LogP contribution in [-0.4, -0.2) is 32.4 Å². The van der Waals surface area contributed by atoms with Gasteiger partial charge in [-0.25, -0.2) is 0 Å². The van der Waals surface area contributed by atoms with Crippen LogP contribution in [0.3, 0.4) is 0 Å². The Kier molecular flexibility index (Phi) is 3.60. The summed E-state index contributed by atoms with van der Waals surface area (Å²) in [7, 11) is 4.87. The van der Waals surface area contributed by atoms with E-state index in [0.717, 1.165) is 29.5 Å². The average Bonchev–Trinajstić information content (AvgIpc) is 2.92. The first-order chi connectivity index (χ1) is 7.56. The molecule has 2 rings (SSSR count). The Morgan fingerprint density at radius 2 is 1.31 bits per heavy atom. The van der Waals surface area contributed by atoms with Crippen molar-refractivity contribution in [3.63, 3.8) is 0 Å². The minimum atomic E-state index is -0.833. The zero-order valence-electron chi connectivity index (χ0n) is 9.66. The van der Waals surface area contributed by atoms with Crippen molar-refractivity contribution < 1.29 is 24.1 Å². The number of carboxylic acids is 1. The predicted molar refractivity (Wildman–Crippen MR) is 58.4 cm³/mol. The van der Waals surface area contributed by atoms with Gasteiger partial charge in [0.05, 0.1) is 21.3 Å². The van der Waals surface area contributed by atoms with Gasteiger partial charge in [0.2, 0.25) is 5.75 Å². The van der Waals surface area contributed by atoms with Gasteiger partial charge in [0, 0.05) is 18.1 Å². The number of fused-ring (bicyclic) bond motifs is 1. The van der Waals surface area contributed by atoms with Crippen LogP contribution >= 0.6 is 0 Å². The number of ether oxygens (including phenoxy) is 3. The van der Waals surface area contributed by atoms with Crippen molar-refractivity contribution in [1.29, 1.82) is 0 Å². The highest BCUT2D eigenvalue weighted by Crippen LogP contribution is 2.59. The van der Waals surface area contributed by atoms with Crippen LogP contribution in [0.5, 0.6) is 17.2 Å². The molecule has 5 heteroatoms. The lowest BCUT2D eigenvalue weighted by Crippen LogP contribution is -1.89. The first kappa shape index (κ1) is 12.2. The fourth-order valence-electron chi connectivity index (χ4n) is 1.42. The SMILES string of the molecule is CC(=O)O.COc1c2cc-2c(OC)c1OC. The van der Waals surface area contributed by atoms with Crippen molar-refractivity contribution in [2.45, 2.75) is 6.92 Å². The molecule has 2 aliphatic rings. The molecule has 0 aromatic carbocycles. The molecule has 0 aliphatic heterocycles. The second kappa shape index (κ2) is 4.74. The summed E-state index contributed by atoms with van der Waals surface area (Å²) in [5.41, 5.74) is 2.21. The van der Waals surface area contributed by atoms with E-state index in [1.165, 1.54) is 0 Å². The van der Waals surface area contributed by atoms with Crippen molar-refractivity contribution in [2.75, 3.05) is 21.3 Å². The molecule has 1 N–H and O–H groups in total. The number of carbonyl (C=O) groups is 1. The Bertz CT molecular complexity index is 379. The molecule has 0 atom stereocenters. The van der Waals surface area contributed by atoms with E-state index in [1.807, 2.05) is 6.07 Å². The third kappa shape index (κ3) is 2.18. The fraction of sp³-hybridized carbons (Fsp3) is 0.364. The van der Waals surface area contributed by atoms with Crippen molar-refractivity contribution >= 4 is 5.97 Å². The molecule has 0 aromatic rings. The molecule has 0 bridgehead atoms. The number of aliphatic carboxylic acids is 1. The largest absolute Gasteiger partial charge is 0.492 e. The van der Waals surface area contributed by atoms with Crippen molar-refractivity contribution in [3.8, 4) is 28.4 Å². The van der Waals surface area contributed by atoms with E-state index in [4.69, 9.17) is 24.1 Å². The van der Waals surface area contributed by atoms with Gasteiger partial charge in [-0.15, -0.1) is 0 Å². The summed E-state index contributed by atoms with van der Waals surface area (Å²) in [6.45, 7) is 1.08. The lowest BCUT2D eigenvalue weighted by atomic mass is 10.4. The van der Waals surface area contributed by atoms with Crippen LogP contribution < -0.4 is 14.2 Å². The molecule has 0 unspecified atom stereocenters. The smallest absolute Gasteiger partial charge is 0.300 e. The van der Waals surface area contributed by atoms with Crippen LogP contribution in [0.2, 0.25) is 0 Å². The summed E-state index contributed by atoms with van der Waals surface area (Å²) in [5.74, 6) is 1.43. The summed E-state index contributed by atoms with van der Waals surface area (Å²) in [4.78, 5) is 9.00. The maximum absolute atomic E-state index is 9.00. The second-order valence-corrected chi connectivity index (χ2v) is 3.09. The Hall–Kier alpha value is -1.91. The van der Waals surface area contributed by atoms with E-state index in [9.17, 15) is 0 Å². The van der Waals surface area contributed by atoms with E-state index < -0.39 is 5.97 Å². The average molecular weight is 226 g/mol. The van der Waals surface area contributed by atoms with Gasteiger partial charge in [0.25, 0.3) is 5.97 Å². The number of methoxy groups -OCH3 is 3. The third-order valence-electron chi connectivity index (χ3n) is 2.01. The normalized spacial score (nSPS) is 9.75. The third-order valence-corrected chi connectivity index (χ3v) is 2.01. The molecule has 0 spiro atoms. The summed E-state index contributed by atoms with van der Waals surface area (Å²) >= 11 is 0. The van der Waals surface area contributed by atoms with Gasteiger partial charge in [-0.2, -0.15) is 0 Å². The molecule has 0 radical (unpaired) electrons. The maximum atomic E-state index is 9.00.